The number of nitrogens with zero attached hydrogens (tertiary/aromatic N) is 1. The molecule has 0 unspecified atom stereocenters. The maximum absolute atomic E-state index is 7.89. The fourth-order valence-electron chi connectivity index (χ4n) is 1.95. The first kappa shape index (κ1) is 10.6. The van der Waals surface area contributed by atoms with Crippen LogP contribution in [0.2, 0.25) is 0 Å². The second-order valence-electron chi connectivity index (χ2n) is 4.38. The molecule has 0 radical (unpaired) electrons. The van der Waals surface area contributed by atoms with Gasteiger partial charge in [-0.05, 0) is 18.8 Å². The Labute approximate surface area is 81.8 Å². The standard InChI is InChI=1S/C11H22N2/c1-4-10-5-7-13(8-6-10)11(12)9(2)3/h9-10,12H,4-8H2,1-3H3. The highest BCUT2D eigenvalue weighted by atomic mass is 15.2. The lowest BCUT2D eigenvalue weighted by atomic mass is 9.94. The molecule has 1 aliphatic rings. The van der Waals surface area contributed by atoms with Crippen molar-refractivity contribution in [3.8, 4) is 0 Å². The number of amidine groups is 1. The van der Waals surface area contributed by atoms with E-state index in [0.29, 0.717) is 5.92 Å². The van der Waals surface area contributed by atoms with Gasteiger partial charge in [0, 0.05) is 19.0 Å². The highest BCUT2D eigenvalue weighted by Crippen LogP contribution is 2.20. The number of likely N-dealkylation sites (tertiary alicyclic amines) is 1. The Kier molecular flexibility index (Phi) is 3.76. The summed E-state index contributed by atoms with van der Waals surface area (Å²) in [4.78, 5) is 2.25. The first-order chi connectivity index (χ1) is 6.15. The van der Waals surface area contributed by atoms with Crippen LogP contribution >= 0.6 is 0 Å². The van der Waals surface area contributed by atoms with E-state index in [-0.39, 0.29) is 0 Å². The molecule has 0 amide bonds. The highest BCUT2D eigenvalue weighted by molar-refractivity contribution is 5.81. The summed E-state index contributed by atoms with van der Waals surface area (Å²) >= 11 is 0. The number of nitrogens with one attached hydrogen (secondary N) is 1. The molecule has 1 aliphatic heterocycles. The van der Waals surface area contributed by atoms with Crippen LogP contribution in [-0.2, 0) is 0 Å². The molecule has 2 nitrogen and oxygen atoms in total. The molecule has 13 heavy (non-hydrogen) atoms. The molecule has 1 fully saturated rings. The summed E-state index contributed by atoms with van der Waals surface area (Å²) in [6.07, 6.45) is 3.88. The molecule has 1 N–H and O–H groups in total. The normalized spacial score (nSPS) is 19.5. The third kappa shape index (κ3) is 2.71. The van der Waals surface area contributed by atoms with Crippen molar-refractivity contribution in [2.45, 2.75) is 40.0 Å². The van der Waals surface area contributed by atoms with E-state index in [1.165, 1.54) is 19.3 Å². The average Bonchev–Trinajstić information content (AvgIpc) is 2.17. The van der Waals surface area contributed by atoms with Crippen molar-refractivity contribution >= 4 is 5.84 Å². The molecule has 0 spiro atoms. The van der Waals surface area contributed by atoms with Gasteiger partial charge in [-0.25, -0.2) is 0 Å². The van der Waals surface area contributed by atoms with E-state index < -0.39 is 0 Å². The first-order valence-corrected chi connectivity index (χ1v) is 5.48. The van der Waals surface area contributed by atoms with Crippen molar-refractivity contribution in [3.05, 3.63) is 0 Å². The Morgan fingerprint density at radius 3 is 2.31 bits per heavy atom. The first-order valence-electron chi connectivity index (χ1n) is 5.48. The van der Waals surface area contributed by atoms with E-state index in [2.05, 4.69) is 25.7 Å². The van der Waals surface area contributed by atoms with Gasteiger partial charge in [-0.15, -0.1) is 0 Å². The molecular weight excluding hydrogens is 160 g/mol. The Balaban J connectivity index is 2.36. The molecule has 76 valence electrons. The summed E-state index contributed by atoms with van der Waals surface area (Å²) in [7, 11) is 0. The van der Waals surface area contributed by atoms with Crippen LogP contribution in [0.1, 0.15) is 40.0 Å². The third-order valence-electron chi connectivity index (χ3n) is 3.08. The van der Waals surface area contributed by atoms with Gasteiger partial charge in [0.05, 0.1) is 5.84 Å². The SMILES string of the molecule is CCC1CCN(C(=N)C(C)C)CC1. The van der Waals surface area contributed by atoms with Gasteiger partial charge < -0.3 is 4.90 Å². The number of hydrogen-bond donors (Lipinski definition) is 1. The van der Waals surface area contributed by atoms with Crippen LogP contribution in [0.15, 0.2) is 0 Å². The van der Waals surface area contributed by atoms with Crippen LogP contribution in [0.4, 0.5) is 0 Å². The Morgan fingerprint density at radius 2 is 1.92 bits per heavy atom. The van der Waals surface area contributed by atoms with Gasteiger partial charge >= 0.3 is 0 Å². The van der Waals surface area contributed by atoms with Crippen molar-refractivity contribution in [2.24, 2.45) is 11.8 Å². The van der Waals surface area contributed by atoms with E-state index in [9.17, 15) is 0 Å². The van der Waals surface area contributed by atoms with Gasteiger partial charge in [0.2, 0.25) is 0 Å². The van der Waals surface area contributed by atoms with E-state index >= 15 is 0 Å². The lowest BCUT2D eigenvalue weighted by molar-refractivity contribution is 0.253. The summed E-state index contributed by atoms with van der Waals surface area (Å²) < 4.78 is 0. The summed E-state index contributed by atoms with van der Waals surface area (Å²) in [6.45, 7) is 8.70. The molecule has 0 atom stereocenters. The molecule has 1 saturated heterocycles. The molecule has 0 aromatic heterocycles. The summed E-state index contributed by atoms with van der Waals surface area (Å²) in [5.41, 5.74) is 0. The van der Waals surface area contributed by atoms with Crippen LogP contribution < -0.4 is 0 Å². The van der Waals surface area contributed by atoms with Gasteiger partial charge in [0.15, 0.2) is 0 Å². The van der Waals surface area contributed by atoms with Crippen molar-refractivity contribution in [1.82, 2.24) is 4.90 Å². The quantitative estimate of drug-likeness (QED) is 0.516. The van der Waals surface area contributed by atoms with Crippen LogP contribution in [-0.4, -0.2) is 23.8 Å². The largest absolute Gasteiger partial charge is 0.360 e. The Morgan fingerprint density at radius 1 is 1.38 bits per heavy atom. The Bertz CT molecular complexity index is 167. The zero-order chi connectivity index (χ0) is 9.84. The summed E-state index contributed by atoms with van der Waals surface area (Å²) in [5, 5.41) is 7.89. The summed E-state index contributed by atoms with van der Waals surface area (Å²) in [5.74, 6) is 2.13. The van der Waals surface area contributed by atoms with Gasteiger partial charge in [-0.2, -0.15) is 0 Å². The van der Waals surface area contributed by atoms with Gasteiger partial charge in [-0.1, -0.05) is 27.2 Å². The van der Waals surface area contributed by atoms with Gasteiger partial charge in [-0.3, -0.25) is 5.41 Å². The highest BCUT2D eigenvalue weighted by Gasteiger charge is 2.20. The molecule has 0 saturated carbocycles. The van der Waals surface area contributed by atoms with Crippen LogP contribution in [0, 0.1) is 17.2 Å². The van der Waals surface area contributed by atoms with Crippen LogP contribution in [0.25, 0.3) is 0 Å². The lowest BCUT2D eigenvalue weighted by Crippen LogP contribution is -2.40. The van der Waals surface area contributed by atoms with Gasteiger partial charge in [0.25, 0.3) is 0 Å². The second kappa shape index (κ2) is 4.64. The predicted octanol–water partition coefficient (Wildman–Crippen LogP) is 2.74. The molecule has 2 heteroatoms. The van der Waals surface area contributed by atoms with Crippen molar-refractivity contribution < 1.29 is 0 Å². The van der Waals surface area contributed by atoms with E-state index in [1.54, 1.807) is 0 Å². The minimum Gasteiger partial charge on any atom is -0.360 e. The topological polar surface area (TPSA) is 27.1 Å². The zero-order valence-corrected chi connectivity index (χ0v) is 9.14. The molecular formula is C11H22N2. The minimum absolute atomic E-state index is 0.387. The molecule has 0 aromatic rings. The van der Waals surface area contributed by atoms with Crippen LogP contribution in [0.5, 0.6) is 0 Å². The van der Waals surface area contributed by atoms with Crippen LogP contribution in [0.3, 0.4) is 0 Å². The molecule has 0 aromatic carbocycles. The molecule has 1 heterocycles. The number of piperidine rings is 1. The van der Waals surface area contributed by atoms with Crippen molar-refractivity contribution in [3.63, 3.8) is 0 Å². The smallest absolute Gasteiger partial charge is 0.0983 e. The summed E-state index contributed by atoms with van der Waals surface area (Å²) in [6, 6.07) is 0. The fourth-order valence-corrected chi connectivity index (χ4v) is 1.95. The van der Waals surface area contributed by atoms with E-state index in [4.69, 9.17) is 5.41 Å². The zero-order valence-electron chi connectivity index (χ0n) is 9.14. The average molecular weight is 182 g/mol. The lowest BCUT2D eigenvalue weighted by Gasteiger charge is -2.34. The van der Waals surface area contributed by atoms with E-state index in [0.717, 1.165) is 24.8 Å². The third-order valence-corrected chi connectivity index (χ3v) is 3.08. The fraction of sp³-hybridized carbons (Fsp3) is 0.909. The van der Waals surface area contributed by atoms with Crippen molar-refractivity contribution in [1.29, 1.82) is 5.41 Å². The maximum atomic E-state index is 7.89. The van der Waals surface area contributed by atoms with Crippen molar-refractivity contribution in [2.75, 3.05) is 13.1 Å². The molecule has 1 rings (SSSR count). The molecule has 0 aliphatic carbocycles. The Hall–Kier alpha value is -0.530. The predicted molar refractivity (Wildman–Crippen MR) is 57.2 cm³/mol. The molecule has 0 bridgehead atoms. The number of rotatable bonds is 2. The second-order valence-corrected chi connectivity index (χ2v) is 4.38. The maximum Gasteiger partial charge on any atom is 0.0983 e. The number of hydrogen-bond acceptors (Lipinski definition) is 1. The minimum atomic E-state index is 0.387. The van der Waals surface area contributed by atoms with E-state index in [1.807, 2.05) is 0 Å². The van der Waals surface area contributed by atoms with Gasteiger partial charge in [0.1, 0.15) is 0 Å². The monoisotopic (exact) mass is 182 g/mol.